The summed E-state index contributed by atoms with van der Waals surface area (Å²) in [6, 6.07) is 6.24. The molecule has 2 saturated carbocycles. The zero-order valence-corrected chi connectivity index (χ0v) is 15.6. The summed E-state index contributed by atoms with van der Waals surface area (Å²) in [4.78, 5) is 28.6. The van der Waals surface area contributed by atoms with Crippen LogP contribution in [0.1, 0.15) is 54.4 Å². The fourth-order valence-corrected chi connectivity index (χ4v) is 4.37. The first-order valence-electron chi connectivity index (χ1n) is 10.0. The van der Waals surface area contributed by atoms with Crippen molar-refractivity contribution in [1.82, 2.24) is 5.32 Å². The molecule has 6 nitrogen and oxygen atoms in total. The molecule has 6 heteroatoms. The molecule has 5 rings (SSSR count). The summed E-state index contributed by atoms with van der Waals surface area (Å²) >= 11 is 0. The Morgan fingerprint density at radius 3 is 2.74 bits per heavy atom. The molecule has 2 atom stereocenters. The number of amides is 1. The van der Waals surface area contributed by atoms with E-state index in [9.17, 15) is 4.79 Å². The van der Waals surface area contributed by atoms with Crippen molar-refractivity contribution in [1.29, 1.82) is 0 Å². The van der Waals surface area contributed by atoms with Crippen LogP contribution in [0.15, 0.2) is 33.2 Å². The van der Waals surface area contributed by atoms with Crippen LogP contribution in [0.25, 0.3) is 0 Å². The summed E-state index contributed by atoms with van der Waals surface area (Å²) in [6.45, 7) is 2.07. The van der Waals surface area contributed by atoms with E-state index in [1.165, 1.54) is 31.4 Å². The largest absolute Gasteiger partial charge is 0.349 e. The van der Waals surface area contributed by atoms with Gasteiger partial charge >= 0.3 is 0 Å². The van der Waals surface area contributed by atoms with Gasteiger partial charge in [-0.1, -0.05) is 18.9 Å². The Morgan fingerprint density at radius 2 is 1.96 bits per heavy atom. The minimum atomic E-state index is -0.0847. The second kappa shape index (κ2) is 6.59. The fraction of sp³-hybridized carbons (Fsp3) is 0.524. The monoisotopic (exact) mass is 363 g/mol. The van der Waals surface area contributed by atoms with Crippen molar-refractivity contribution in [2.75, 3.05) is 4.90 Å². The Bertz CT molecular complexity index is 848. The van der Waals surface area contributed by atoms with Gasteiger partial charge in [-0.3, -0.25) is 9.79 Å². The number of carbonyl (C=O) groups is 1. The van der Waals surface area contributed by atoms with Crippen molar-refractivity contribution in [2.45, 2.75) is 63.7 Å². The molecule has 27 heavy (non-hydrogen) atoms. The summed E-state index contributed by atoms with van der Waals surface area (Å²) in [7, 11) is 0. The lowest BCUT2D eigenvalue weighted by molar-refractivity contribution is 0.0951. The number of aliphatic imine (C=N–C) groups is 3. The first kappa shape index (κ1) is 16.7. The van der Waals surface area contributed by atoms with Gasteiger partial charge in [0.25, 0.3) is 5.91 Å². The number of benzene rings is 1. The van der Waals surface area contributed by atoms with Crippen LogP contribution in [0, 0.1) is 12.8 Å². The summed E-state index contributed by atoms with van der Waals surface area (Å²) in [6.07, 6.45) is 10.7. The van der Waals surface area contributed by atoms with Crippen molar-refractivity contribution in [2.24, 2.45) is 20.9 Å². The highest BCUT2D eigenvalue weighted by molar-refractivity contribution is 6.03. The lowest BCUT2D eigenvalue weighted by Crippen LogP contribution is -2.43. The van der Waals surface area contributed by atoms with E-state index in [-0.39, 0.29) is 18.1 Å². The van der Waals surface area contributed by atoms with Gasteiger partial charge in [0, 0.05) is 17.3 Å². The highest BCUT2D eigenvalue weighted by Crippen LogP contribution is 2.34. The molecule has 140 valence electrons. The van der Waals surface area contributed by atoms with E-state index in [1.807, 2.05) is 24.5 Å². The zero-order chi connectivity index (χ0) is 18.4. The maximum absolute atomic E-state index is 12.5. The van der Waals surface area contributed by atoms with E-state index in [0.717, 1.165) is 24.1 Å². The number of carbonyl (C=O) groups excluding carboxylic acids is 1. The highest BCUT2D eigenvalue weighted by atomic mass is 16.1. The van der Waals surface area contributed by atoms with Gasteiger partial charge in [-0.2, -0.15) is 0 Å². The minimum absolute atomic E-state index is 0.00134. The molecule has 0 spiro atoms. The number of rotatable bonds is 4. The molecule has 0 aromatic heterocycles. The predicted octanol–water partition coefficient (Wildman–Crippen LogP) is 3.10. The zero-order valence-electron chi connectivity index (χ0n) is 15.6. The minimum Gasteiger partial charge on any atom is -0.349 e. The summed E-state index contributed by atoms with van der Waals surface area (Å²) in [5.74, 6) is 0.546. The SMILES string of the molecule is Cc1ccc(C(=O)NC2CC2)cc1N1C=NC2C(C3CCCC3)=NC=NC21. The molecule has 0 radical (unpaired) electrons. The second-order valence-electron chi connectivity index (χ2n) is 8.08. The van der Waals surface area contributed by atoms with Crippen LogP contribution >= 0.6 is 0 Å². The quantitative estimate of drug-likeness (QED) is 0.893. The van der Waals surface area contributed by atoms with E-state index in [2.05, 4.69) is 27.1 Å². The third-order valence-corrected chi connectivity index (χ3v) is 6.08. The van der Waals surface area contributed by atoms with Crippen molar-refractivity contribution in [3.8, 4) is 0 Å². The van der Waals surface area contributed by atoms with E-state index >= 15 is 0 Å². The maximum Gasteiger partial charge on any atom is 0.251 e. The number of fused-ring (bicyclic) bond motifs is 1. The van der Waals surface area contributed by atoms with Crippen LogP contribution in [0.4, 0.5) is 5.69 Å². The highest BCUT2D eigenvalue weighted by Gasteiger charge is 2.40. The van der Waals surface area contributed by atoms with Crippen molar-refractivity contribution >= 4 is 30.0 Å². The maximum atomic E-state index is 12.5. The number of hydrogen-bond acceptors (Lipinski definition) is 5. The van der Waals surface area contributed by atoms with Crippen LogP contribution < -0.4 is 10.2 Å². The average Bonchev–Trinajstić information content (AvgIpc) is 3.17. The van der Waals surface area contributed by atoms with Gasteiger partial charge in [0.1, 0.15) is 12.4 Å². The van der Waals surface area contributed by atoms with Gasteiger partial charge in [-0.15, -0.1) is 0 Å². The molecule has 2 heterocycles. The van der Waals surface area contributed by atoms with Gasteiger partial charge < -0.3 is 10.2 Å². The summed E-state index contributed by atoms with van der Waals surface area (Å²) < 4.78 is 0. The van der Waals surface area contributed by atoms with Crippen molar-refractivity contribution in [3.05, 3.63) is 29.3 Å². The lowest BCUT2D eigenvalue weighted by atomic mass is 9.93. The van der Waals surface area contributed by atoms with E-state index in [4.69, 9.17) is 4.99 Å². The molecule has 0 saturated heterocycles. The van der Waals surface area contributed by atoms with Gasteiger partial charge in [-0.25, -0.2) is 9.98 Å². The smallest absolute Gasteiger partial charge is 0.251 e. The second-order valence-corrected chi connectivity index (χ2v) is 8.08. The van der Waals surface area contributed by atoms with Crippen LogP contribution in [0.5, 0.6) is 0 Å². The molecular weight excluding hydrogens is 338 g/mol. The van der Waals surface area contributed by atoms with Crippen molar-refractivity contribution in [3.63, 3.8) is 0 Å². The molecule has 4 aliphatic rings. The Labute approximate surface area is 159 Å². The van der Waals surface area contributed by atoms with Gasteiger partial charge in [0.05, 0.1) is 12.1 Å². The number of anilines is 1. The summed E-state index contributed by atoms with van der Waals surface area (Å²) in [5.41, 5.74) is 4.00. The molecular formula is C21H25N5O. The third-order valence-electron chi connectivity index (χ3n) is 6.08. The van der Waals surface area contributed by atoms with E-state index in [1.54, 1.807) is 6.34 Å². The number of nitrogens with zero attached hydrogens (tertiary/aromatic N) is 4. The number of hydrogen-bond donors (Lipinski definition) is 1. The molecule has 1 aromatic carbocycles. The molecule has 1 aromatic rings. The Hall–Kier alpha value is -2.50. The first-order valence-corrected chi connectivity index (χ1v) is 10.0. The van der Waals surface area contributed by atoms with Gasteiger partial charge in [0.15, 0.2) is 6.17 Å². The number of aryl methyl sites for hydroxylation is 1. The Kier molecular flexibility index (Phi) is 4.06. The lowest BCUT2D eigenvalue weighted by Gasteiger charge is -2.30. The van der Waals surface area contributed by atoms with Crippen LogP contribution in [0.2, 0.25) is 0 Å². The van der Waals surface area contributed by atoms with E-state index < -0.39 is 0 Å². The van der Waals surface area contributed by atoms with Crippen LogP contribution in [0.3, 0.4) is 0 Å². The van der Waals surface area contributed by atoms with Gasteiger partial charge in [-0.05, 0) is 56.2 Å². The average molecular weight is 363 g/mol. The number of nitrogens with one attached hydrogen (secondary N) is 1. The Balaban J connectivity index is 1.41. The molecule has 2 aliphatic heterocycles. The van der Waals surface area contributed by atoms with Crippen LogP contribution in [-0.4, -0.2) is 42.5 Å². The Morgan fingerprint density at radius 1 is 1.15 bits per heavy atom. The standard InChI is InChI=1S/C21H25N5O/c1-13-6-7-15(21(27)25-16-8-9-16)10-17(13)26-12-24-19-18(14-4-2-3-5-14)22-11-23-20(19)26/h6-7,10-12,14,16,19-20H,2-5,8-9H2,1H3,(H,25,27). The third kappa shape index (κ3) is 3.07. The molecule has 2 fully saturated rings. The van der Waals surface area contributed by atoms with E-state index in [0.29, 0.717) is 17.5 Å². The molecule has 1 N–H and O–H groups in total. The predicted molar refractivity (Wildman–Crippen MR) is 108 cm³/mol. The van der Waals surface area contributed by atoms with Crippen molar-refractivity contribution < 1.29 is 4.79 Å². The topological polar surface area (TPSA) is 69.4 Å². The molecule has 1 amide bonds. The molecule has 2 unspecified atom stereocenters. The normalized spacial score (nSPS) is 27.0. The first-order chi connectivity index (χ1) is 13.2. The molecule has 2 aliphatic carbocycles. The van der Waals surface area contributed by atoms with Crippen LogP contribution in [-0.2, 0) is 0 Å². The summed E-state index contributed by atoms with van der Waals surface area (Å²) in [5, 5.41) is 3.07. The molecule has 0 bridgehead atoms. The fourth-order valence-electron chi connectivity index (χ4n) is 4.37. The van der Waals surface area contributed by atoms with Gasteiger partial charge in [0.2, 0.25) is 0 Å².